The van der Waals surface area contributed by atoms with Crippen LogP contribution in [0.1, 0.15) is 53.9 Å². The van der Waals surface area contributed by atoms with Crippen molar-refractivity contribution in [3.63, 3.8) is 0 Å². The third-order valence-corrected chi connectivity index (χ3v) is 11.6. The van der Waals surface area contributed by atoms with Gasteiger partial charge in [0.05, 0.1) is 29.0 Å². The van der Waals surface area contributed by atoms with Gasteiger partial charge in [0.2, 0.25) is 5.91 Å². The van der Waals surface area contributed by atoms with Crippen molar-refractivity contribution < 1.29 is 37.3 Å². The quantitative estimate of drug-likeness (QED) is 0.140. The normalized spacial score (nSPS) is 20.7. The average molecular weight is 748 g/mol. The molecule has 0 radical (unpaired) electrons. The number of rotatable bonds is 10. The molecule has 0 bridgehead atoms. The lowest BCUT2D eigenvalue weighted by molar-refractivity contribution is -0.245. The second kappa shape index (κ2) is 15.8. The molecule has 2 saturated heterocycles. The van der Waals surface area contributed by atoms with Crippen molar-refractivity contribution in [2.24, 2.45) is 0 Å². The number of carbonyl (C=O) groups excluding carboxylic acids is 2. The van der Waals surface area contributed by atoms with Crippen LogP contribution in [0.25, 0.3) is 21.3 Å². The maximum atomic E-state index is 13.0. The largest absolute Gasteiger partial charge is 0.471 e. The van der Waals surface area contributed by atoms with Crippen molar-refractivity contribution in [2.75, 3.05) is 12.3 Å². The number of fused-ring (bicyclic) bond motifs is 1. The second-order valence-corrected chi connectivity index (χ2v) is 15.1. The van der Waals surface area contributed by atoms with Gasteiger partial charge in [-0.15, -0.1) is 11.3 Å². The smallest absolute Gasteiger partial charge is 0.392 e. The molecule has 0 aliphatic carbocycles. The summed E-state index contributed by atoms with van der Waals surface area (Å²) in [6.45, 7) is -0.0211. The first-order valence-corrected chi connectivity index (χ1v) is 18.8. The molecule has 2 N–H and O–H groups in total. The first-order chi connectivity index (χ1) is 25.1. The van der Waals surface area contributed by atoms with Gasteiger partial charge in [-0.25, -0.2) is 4.98 Å². The molecule has 5 aromatic rings. The highest BCUT2D eigenvalue weighted by atomic mass is 32.2. The number of ether oxygens (including phenoxy) is 2. The molecule has 270 valence electrons. The van der Waals surface area contributed by atoms with Gasteiger partial charge in [0, 0.05) is 30.8 Å². The minimum atomic E-state index is -5.02. The molecule has 4 atom stereocenters. The molecule has 3 heterocycles. The maximum absolute atomic E-state index is 13.0. The van der Waals surface area contributed by atoms with Gasteiger partial charge in [0.25, 0.3) is 0 Å². The fourth-order valence-electron chi connectivity index (χ4n) is 6.55. The second-order valence-electron chi connectivity index (χ2n) is 12.8. The van der Waals surface area contributed by atoms with E-state index >= 15 is 0 Å². The molecule has 0 unspecified atom stereocenters. The Hall–Kier alpha value is -4.27. The van der Waals surface area contributed by atoms with Crippen LogP contribution in [0.5, 0.6) is 0 Å². The first kappa shape index (κ1) is 36.1. The lowest BCUT2D eigenvalue weighted by atomic mass is 9.99. The monoisotopic (exact) mass is 747 g/mol. The number of hydrogen-bond acceptors (Lipinski definition) is 8. The molecule has 2 fully saturated rings. The minimum absolute atomic E-state index is 0.0321. The molecular weight excluding hydrogens is 712 g/mol. The Morgan fingerprint density at radius 1 is 0.923 bits per heavy atom. The van der Waals surface area contributed by atoms with E-state index < -0.39 is 30.3 Å². The zero-order valence-corrected chi connectivity index (χ0v) is 29.6. The van der Waals surface area contributed by atoms with Crippen molar-refractivity contribution >= 4 is 45.1 Å². The van der Waals surface area contributed by atoms with Crippen LogP contribution < -0.4 is 5.32 Å². The standard InChI is InChI=1S/C39H36F3N3O5S2/c40-39(41,42)37(48)45-18-4-8-32(45)35(47)43-21-25-5-3-6-29(19-25)26-14-16-28(17-15-26)36-49-30(20-33(50-36)27-12-10-24(22-46)11-13-27)23-51-38-44-31-7-1-2-9-34(31)52-38/h1-3,5-7,9-17,19,30,32-33,36,46H,4,8,18,20-23H2,(H,43,47)/t30-,32+,33+,36+/m1/s1. The van der Waals surface area contributed by atoms with Crippen molar-refractivity contribution in [1.29, 1.82) is 0 Å². The number of aromatic nitrogens is 1. The Morgan fingerprint density at radius 2 is 1.69 bits per heavy atom. The number of para-hydroxylation sites is 1. The third-order valence-electron chi connectivity index (χ3n) is 9.25. The number of thioether (sulfide) groups is 1. The van der Waals surface area contributed by atoms with Gasteiger partial charge in [-0.05, 0) is 58.9 Å². The first-order valence-electron chi connectivity index (χ1n) is 17.0. The number of alkyl halides is 3. The highest BCUT2D eigenvalue weighted by Crippen LogP contribution is 2.41. The topological polar surface area (TPSA) is 101 Å². The fourth-order valence-corrected chi connectivity index (χ4v) is 8.66. The average Bonchev–Trinajstić information content (AvgIpc) is 3.83. The number of carbonyl (C=O) groups is 2. The summed E-state index contributed by atoms with van der Waals surface area (Å²) in [5, 5.41) is 12.3. The molecule has 2 aliphatic heterocycles. The van der Waals surface area contributed by atoms with Gasteiger partial charge < -0.3 is 24.8 Å². The van der Waals surface area contributed by atoms with E-state index in [0.717, 1.165) is 47.9 Å². The molecule has 2 aliphatic rings. The molecule has 0 saturated carbocycles. The van der Waals surface area contributed by atoms with Gasteiger partial charge in [0.15, 0.2) is 10.6 Å². The summed E-state index contributed by atoms with van der Waals surface area (Å²) in [5.74, 6) is -1.88. The van der Waals surface area contributed by atoms with E-state index in [1.807, 2.05) is 91.0 Å². The Morgan fingerprint density at radius 3 is 2.44 bits per heavy atom. The van der Waals surface area contributed by atoms with Gasteiger partial charge >= 0.3 is 12.1 Å². The summed E-state index contributed by atoms with van der Waals surface area (Å²) < 4.78 is 54.3. The summed E-state index contributed by atoms with van der Waals surface area (Å²) >= 11 is 3.34. The Balaban J connectivity index is 1.03. The number of benzene rings is 4. The van der Waals surface area contributed by atoms with E-state index in [0.29, 0.717) is 23.5 Å². The zero-order valence-electron chi connectivity index (χ0n) is 27.9. The molecule has 7 rings (SSSR count). The van der Waals surface area contributed by atoms with E-state index in [4.69, 9.17) is 14.5 Å². The maximum Gasteiger partial charge on any atom is 0.471 e. The van der Waals surface area contributed by atoms with Crippen LogP contribution in [-0.2, 0) is 32.2 Å². The summed E-state index contributed by atoms with van der Waals surface area (Å²) in [7, 11) is 0. The van der Waals surface area contributed by atoms with Gasteiger partial charge in [-0.3, -0.25) is 9.59 Å². The number of aliphatic hydroxyl groups is 1. The Labute approximate surface area is 307 Å². The number of thiazole rings is 1. The third kappa shape index (κ3) is 8.34. The van der Waals surface area contributed by atoms with E-state index in [-0.39, 0.29) is 38.3 Å². The van der Waals surface area contributed by atoms with Crippen LogP contribution in [0.3, 0.4) is 0 Å². The number of aliphatic hydroxyl groups excluding tert-OH is 1. The van der Waals surface area contributed by atoms with Crippen LogP contribution in [0.2, 0.25) is 0 Å². The molecule has 2 amide bonds. The van der Waals surface area contributed by atoms with Crippen LogP contribution in [0.15, 0.2) is 101 Å². The van der Waals surface area contributed by atoms with Gasteiger partial charge in [-0.2, -0.15) is 13.2 Å². The molecule has 8 nitrogen and oxygen atoms in total. The molecule has 1 aromatic heterocycles. The summed E-state index contributed by atoms with van der Waals surface area (Å²) in [4.78, 5) is 30.0. The number of hydrogen-bond donors (Lipinski definition) is 2. The number of likely N-dealkylation sites (tertiary alicyclic amines) is 1. The van der Waals surface area contributed by atoms with Crippen LogP contribution in [0.4, 0.5) is 13.2 Å². The van der Waals surface area contributed by atoms with E-state index in [9.17, 15) is 27.9 Å². The molecule has 4 aromatic carbocycles. The van der Waals surface area contributed by atoms with Crippen LogP contribution in [-0.4, -0.2) is 57.4 Å². The van der Waals surface area contributed by atoms with Gasteiger partial charge in [0.1, 0.15) is 6.04 Å². The Bertz CT molecular complexity index is 1990. The molecule has 0 spiro atoms. The number of nitrogens with zero attached hydrogens (tertiary/aromatic N) is 2. The number of halogens is 3. The SMILES string of the molecule is O=C(NCc1cccc(-c2ccc([C@H]3O[C@@H](CSc4nc5ccccc5s4)C[C@@H](c4ccc(CO)cc4)O3)cc2)c1)[C@@H]1CCCN1C(=O)C(F)(F)F. The van der Waals surface area contributed by atoms with Crippen molar-refractivity contribution in [1.82, 2.24) is 15.2 Å². The lowest BCUT2D eigenvalue weighted by Gasteiger charge is -2.36. The minimum Gasteiger partial charge on any atom is -0.392 e. The van der Waals surface area contributed by atoms with E-state index in [1.54, 1.807) is 23.1 Å². The van der Waals surface area contributed by atoms with Crippen molar-refractivity contribution in [2.45, 2.75) is 67.5 Å². The van der Waals surface area contributed by atoms with Gasteiger partial charge in [-0.1, -0.05) is 90.6 Å². The molecular formula is C39H36F3N3O5S2. The number of amides is 2. The van der Waals surface area contributed by atoms with Crippen molar-refractivity contribution in [3.8, 4) is 11.1 Å². The number of nitrogens with one attached hydrogen (secondary N) is 1. The van der Waals surface area contributed by atoms with Crippen molar-refractivity contribution in [3.05, 3.63) is 119 Å². The lowest BCUT2D eigenvalue weighted by Crippen LogP contribution is -2.50. The fraction of sp³-hybridized carbons (Fsp3) is 0.308. The summed E-state index contributed by atoms with van der Waals surface area (Å²) in [5.41, 5.74) is 6.26. The van der Waals surface area contributed by atoms with Crippen LogP contribution >= 0.6 is 23.1 Å². The van der Waals surface area contributed by atoms with E-state index in [2.05, 4.69) is 11.4 Å². The highest BCUT2D eigenvalue weighted by molar-refractivity contribution is 8.01. The van der Waals surface area contributed by atoms with E-state index in [1.165, 1.54) is 0 Å². The zero-order chi connectivity index (χ0) is 36.2. The highest BCUT2D eigenvalue weighted by Gasteiger charge is 2.47. The molecule has 52 heavy (non-hydrogen) atoms. The predicted octanol–water partition coefficient (Wildman–Crippen LogP) is 7.96. The van der Waals surface area contributed by atoms with Crippen LogP contribution in [0, 0.1) is 0 Å². The Kier molecular flexibility index (Phi) is 10.9. The summed E-state index contributed by atoms with van der Waals surface area (Å²) in [6, 6.07) is 30.1. The predicted molar refractivity (Wildman–Crippen MR) is 193 cm³/mol. The molecule has 13 heteroatoms. The summed E-state index contributed by atoms with van der Waals surface area (Å²) in [6.07, 6.45) is -4.79.